The zero-order valence-electron chi connectivity index (χ0n) is 9.06. The molecule has 1 aliphatic rings. The summed E-state index contributed by atoms with van der Waals surface area (Å²) in [4.78, 5) is 0. The maximum atomic E-state index is 2.27. The first-order valence-corrected chi connectivity index (χ1v) is 5.51. The first kappa shape index (κ1) is 9.97. The van der Waals surface area contributed by atoms with Gasteiger partial charge in [0.2, 0.25) is 0 Å². The van der Waals surface area contributed by atoms with E-state index in [0.717, 1.165) is 0 Å². The van der Waals surface area contributed by atoms with Gasteiger partial charge in [-0.15, -0.1) is 0 Å². The molecule has 76 valence electrons. The van der Waals surface area contributed by atoms with Crippen LogP contribution in [0.3, 0.4) is 0 Å². The highest BCUT2D eigenvalue weighted by molar-refractivity contribution is 5.58. The molecule has 1 aromatic carbocycles. The van der Waals surface area contributed by atoms with Gasteiger partial charge in [-0.05, 0) is 17.6 Å². The highest BCUT2D eigenvalue weighted by Gasteiger charge is 2.08. The molecule has 0 fully saturated rings. The van der Waals surface area contributed by atoms with Gasteiger partial charge in [-0.3, -0.25) is 0 Å². The van der Waals surface area contributed by atoms with Crippen LogP contribution in [0.15, 0.2) is 60.2 Å². The highest BCUT2D eigenvalue weighted by atomic mass is 14.1. The van der Waals surface area contributed by atoms with Gasteiger partial charge in [0.15, 0.2) is 0 Å². The lowest BCUT2D eigenvalue weighted by Gasteiger charge is -2.14. The van der Waals surface area contributed by atoms with Gasteiger partial charge in [0.1, 0.15) is 0 Å². The molecule has 1 atom stereocenters. The smallest absolute Gasteiger partial charge is 0.00186 e. The Balaban J connectivity index is 2.26. The quantitative estimate of drug-likeness (QED) is 0.664. The van der Waals surface area contributed by atoms with Crippen molar-refractivity contribution < 1.29 is 0 Å². The zero-order chi connectivity index (χ0) is 10.5. The molecule has 1 aliphatic carbocycles. The van der Waals surface area contributed by atoms with E-state index in [1.807, 2.05) is 0 Å². The summed E-state index contributed by atoms with van der Waals surface area (Å²) in [6.45, 7) is 2.23. The third-order valence-electron chi connectivity index (χ3n) is 2.74. The zero-order valence-corrected chi connectivity index (χ0v) is 9.06. The van der Waals surface area contributed by atoms with Gasteiger partial charge in [0, 0.05) is 5.92 Å². The Labute approximate surface area is 91.6 Å². The number of hydrogen-bond donors (Lipinski definition) is 0. The summed E-state index contributed by atoms with van der Waals surface area (Å²) in [6, 6.07) is 10.5. The molecule has 0 heteroatoms. The Morgan fingerprint density at radius 2 is 1.93 bits per heavy atom. The SMILES string of the molecule is CCC1C=CC=CC1=Cc1ccccc1. The van der Waals surface area contributed by atoms with Crippen LogP contribution < -0.4 is 0 Å². The van der Waals surface area contributed by atoms with E-state index in [1.54, 1.807) is 0 Å². The van der Waals surface area contributed by atoms with Gasteiger partial charge in [0.25, 0.3) is 0 Å². The monoisotopic (exact) mass is 196 g/mol. The largest absolute Gasteiger partial charge is 0.0770 e. The summed E-state index contributed by atoms with van der Waals surface area (Å²) in [5.41, 5.74) is 2.69. The molecule has 0 N–H and O–H groups in total. The van der Waals surface area contributed by atoms with E-state index < -0.39 is 0 Å². The van der Waals surface area contributed by atoms with Crippen molar-refractivity contribution in [2.75, 3.05) is 0 Å². The van der Waals surface area contributed by atoms with E-state index >= 15 is 0 Å². The minimum atomic E-state index is 0.579. The summed E-state index contributed by atoms with van der Waals surface area (Å²) >= 11 is 0. The van der Waals surface area contributed by atoms with Gasteiger partial charge in [-0.25, -0.2) is 0 Å². The number of hydrogen-bond acceptors (Lipinski definition) is 0. The molecule has 0 saturated heterocycles. The molecular formula is C15H16. The minimum absolute atomic E-state index is 0.579. The number of rotatable bonds is 2. The van der Waals surface area contributed by atoms with Gasteiger partial charge >= 0.3 is 0 Å². The van der Waals surface area contributed by atoms with E-state index in [9.17, 15) is 0 Å². The Kier molecular flexibility index (Phi) is 3.18. The van der Waals surface area contributed by atoms with Crippen molar-refractivity contribution in [3.8, 4) is 0 Å². The third kappa shape index (κ3) is 2.47. The molecule has 0 heterocycles. The minimum Gasteiger partial charge on any atom is -0.0770 e. The number of allylic oxidation sites excluding steroid dienone is 5. The topological polar surface area (TPSA) is 0 Å². The molecule has 0 aromatic heterocycles. The lowest BCUT2D eigenvalue weighted by molar-refractivity contribution is 0.744. The molecule has 0 nitrogen and oxygen atoms in total. The lowest BCUT2D eigenvalue weighted by atomic mass is 9.91. The molecule has 0 radical (unpaired) electrons. The fourth-order valence-corrected chi connectivity index (χ4v) is 1.87. The van der Waals surface area contributed by atoms with Crippen LogP contribution >= 0.6 is 0 Å². The molecule has 0 spiro atoms. The van der Waals surface area contributed by atoms with Crippen LogP contribution in [0.2, 0.25) is 0 Å². The van der Waals surface area contributed by atoms with Crippen molar-refractivity contribution in [3.05, 3.63) is 65.8 Å². The summed E-state index contributed by atoms with van der Waals surface area (Å²) in [5.74, 6) is 0.579. The Bertz CT molecular complexity index is 393. The van der Waals surface area contributed by atoms with E-state index in [1.165, 1.54) is 17.6 Å². The van der Waals surface area contributed by atoms with Crippen molar-refractivity contribution in [2.24, 2.45) is 5.92 Å². The highest BCUT2D eigenvalue weighted by Crippen LogP contribution is 2.23. The second kappa shape index (κ2) is 4.79. The summed E-state index contributed by atoms with van der Waals surface area (Å²) < 4.78 is 0. The van der Waals surface area contributed by atoms with Crippen molar-refractivity contribution in [3.63, 3.8) is 0 Å². The lowest BCUT2D eigenvalue weighted by Crippen LogP contribution is -1.99. The molecule has 15 heavy (non-hydrogen) atoms. The van der Waals surface area contributed by atoms with E-state index in [-0.39, 0.29) is 0 Å². The van der Waals surface area contributed by atoms with E-state index in [0.29, 0.717) is 5.92 Å². The molecule has 1 unspecified atom stereocenters. The van der Waals surface area contributed by atoms with E-state index in [4.69, 9.17) is 0 Å². The Morgan fingerprint density at radius 1 is 1.13 bits per heavy atom. The molecule has 0 bridgehead atoms. The normalized spacial score (nSPS) is 22.2. The number of benzene rings is 1. The first-order valence-electron chi connectivity index (χ1n) is 5.51. The average molecular weight is 196 g/mol. The van der Waals surface area contributed by atoms with Crippen molar-refractivity contribution >= 4 is 6.08 Å². The standard InChI is InChI=1S/C15H16/c1-2-14-10-6-7-11-15(14)12-13-8-4-3-5-9-13/h3-12,14H,2H2,1H3. The predicted molar refractivity (Wildman–Crippen MR) is 66.5 cm³/mol. The van der Waals surface area contributed by atoms with Crippen molar-refractivity contribution in [1.82, 2.24) is 0 Å². The molecule has 2 rings (SSSR count). The van der Waals surface area contributed by atoms with Crippen molar-refractivity contribution in [1.29, 1.82) is 0 Å². The molecule has 1 aromatic rings. The van der Waals surface area contributed by atoms with Crippen molar-refractivity contribution in [2.45, 2.75) is 13.3 Å². The van der Waals surface area contributed by atoms with Crippen LogP contribution in [0.25, 0.3) is 6.08 Å². The van der Waals surface area contributed by atoms with Crippen LogP contribution in [0.5, 0.6) is 0 Å². The fourth-order valence-electron chi connectivity index (χ4n) is 1.87. The maximum absolute atomic E-state index is 2.27. The van der Waals surface area contributed by atoms with Gasteiger partial charge in [-0.1, -0.05) is 67.6 Å². The fraction of sp³-hybridized carbons (Fsp3) is 0.200. The van der Waals surface area contributed by atoms with E-state index in [2.05, 4.69) is 67.6 Å². The Hall–Kier alpha value is -1.56. The van der Waals surface area contributed by atoms with Crippen LogP contribution in [0.4, 0.5) is 0 Å². The molecule has 0 amide bonds. The van der Waals surface area contributed by atoms with Gasteiger partial charge < -0.3 is 0 Å². The third-order valence-corrected chi connectivity index (χ3v) is 2.74. The van der Waals surface area contributed by atoms with Gasteiger partial charge in [-0.2, -0.15) is 0 Å². The second-order valence-electron chi connectivity index (χ2n) is 3.81. The summed E-state index contributed by atoms with van der Waals surface area (Å²) in [6.07, 6.45) is 12.2. The van der Waals surface area contributed by atoms with Crippen LogP contribution in [0, 0.1) is 5.92 Å². The Morgan fingerprint density at radius 3 is 2.67 bits per heavy atom. The first-order chi connectivity index (χ1) is 7.40. The average Bonchev–Trinajstić information content (AvgIpc) is 2.31. The maximum Gasteiger partial charge on any atom is 0.00186 e. The molecule has 0 saturated carbocycles. The summed E-state index contributed by atoms with van der Waals surface area (Å²) in [7, 11) is 0. The summed E-state index contributed by atoms with van der Waals surface area (Å²) in [5, 5.41) is 0. The predicted octanol–water partition coefficient (Wildman–Crippen LogP) is 4.22. The second-order valence-corrected chi connectivity index (χ2v) is 3.81. The molecular weight excluding hydrogens is 180 g/mol. The van der Waals surface area contributed by atoms with Crippen LogP contribution in [0.1, 0.15) is 18.9 Å². The molecule has 0 aliphatic heterocycles. The van der Waals surface area contributed by atoms with Gasteiger partial charge in [0.05, 0.1) is 0 Å². The van der Waals surface area contributed by atoms with Crippen LogP contribution in [-0.2, 0) is 0 Å². The van der Waals surface area contributed by atoms with Crippen LogP contribution in [-0.4, -0.2) is 0 Å².